The van der Waals surface area contributed by atoms with Gasteiger partial charge in [-0.1, -0.05) is 69.9 Å². The van der Waals surface area contributed by atoms with Crippen LogP contribution in [0.2, 0.25) is 0 Å². The normalized spacial score (nSPS) is 17.6. The van der Waals surface area contributed by atoms with E-state index >= 15 is 0 Å². The maximum Gasteiger partial charge on any atom is 0.313 e. The molecule has 2 amide bonds. The maximum absolute atomic E-state index is 12.4. The van der Waals surface area contributed by atoms with Gasteiger partial charge in [-0.05, 0) is 43.9 Å². The summed E-state index contributed by atoms with van der Waals surface area (Å²) in [6.07, 6.45) is 13.2. The van der Waals surface area contributed by atoms with Crippen molar-refractivity contribution in [1.82, 2.24) is 5.32 Å². The SMILES string of the molecule is Cc1ccc(C)c(NC(=O)C(=O)NC2CCCCCCCCCCC2)c1. The Morgan fingerprint density at radius 2 is 1.35 bits per heavy atom. The van der Waals surface area contributed by atoms with Crippen LogP contribution in [0.25, 0.3) is 0 Å². The molecule has 0 heterocycles. The summed E-state index contributed by atoms with van der Waals surface area (Å²) in [6.45, 7) is 3.90. The van der Waals surface area contributed by atoms with Gasteiger partial charge in [0.05, 0.1) is 0 Å². The maximum atomic E-state index is 12.4. The van der Waals surface area contributed by atoms with Gasteiger partial charge in [0.1, 0.15) is 0 Å². The van der Waals surface area contributed by atoms with E-state index in [1.54, 1.807) is 0 Å². The molecule has 1 aromatic carbocycles. The van der Waals surface area contributed by atoms with Gasteiger partial charge in [0.2, 0.25) is 0 Å². The summed E-state index contributed by atoms with van der Waals surface area (Å²) in [5, 5.41) is 5.73. The van der Waals surface area contributed by atoms with Crippen LogP contribution in [0.3, 0.4) is 0 Å². The average Bonchev–Trinajstić information content (AvgIpc) is 2.60. The monoisotopic (exact) mass is 358 g/mol. The average molecular weight is 359 g/mol. The minimum atomic E-state index is -0.565. The number of rotatable bonds is 2. The Morgan fingerprint density at radius 3 is 1.92 bits per heavy atom. The van der Waals surface area contributed by atoms with Crippen LogP contribution in [0.4, 0.5) is 5.69 Å². The highest BCUT2D eigenvalue weighted by Gasteiger charge is 2.19. The molecule has 1 aliphatic rings. The van der Waals surface area contributed by atoms with E-state index in [4.69, 9.17) is 0 Å². The van der Waals surface area contributed by atoms with Crippen molar-refractivity contribution in [3.8, 4) is 0 Å². The third-order valence-electron chi connectivity index (χ3n) is 5.29. The molecular weight excluding hydrogens is 324 g/mol. The number of benzene rings is 1. The molecule has 1 aliphatic carbocycles. The van der Waals surface area contributed by atoms with Crippen LogP contribution < -0.4 is 10.6 Å². The smallest absolute Gasteiger partial charge is 0.313 e. The van der Waals surface area contributed by atoms with E-state index in [1.807, 2.05) is 32.0 Å². The van der Waals surface area contributed by atoms with Crippen LogP contribution in [0.5, 0.6) is 0 Å². The molecule has 26 heavy (non-hydrogen) atoms. The minimum absolute atomic E-state index is 0.117. The van der Waals surface area contributed by atoms with Gasteiger partial charge in [-0.15, -0.1) is 0 Å². The Kier molecular flexibility index (Phi) is 8.66. The summed E-state index contributed by atoms with van der Waals surface area (Å²) in [7, 11) is 0. The first-order chi connectivity index (χ1) is 12.6. The van der Waals surface area contributed by atoms with Crippen molar-refractivity contribution in [2.45, 2.75) is 90.5 Å². The van der Waals surface area contributed by atoms with Crippen molar-refractivity contribution >= 4 is 17.5 Å². The Morgan fingerprint density at radius 1 is 0.808 bits per heavy atom. The summed E-state index contributed by atoms with van der Waals surface area (Å²) in [4.78, 5) is 24.7. The lowest BCUT2D eigenvalue weighted by molar-refractivity contribution is -0.136. The Balaban J connectivity index is 1.87. The quantitative estimate of drug-likeness (QED) is 0.728. The number of hydrogen-bond acceptors (Lipinski definition) is 2. The number of amides is 2. The highest BCUT2D eigenvalue weighted by Crippen LogP contribution is 2.18. The summed E-state index contributed by atoms with van der Waals surface area (Å²) >= 11 is 0. The first-order valence-electron chi connectivity index (χ1n) is 10.3. The zero-order valence-corrected chi connectivity index (χ0v) is 16.4. The molecule has 1 fully saturated rings. The molecule has 1 aromatic rings. The lowest BCUT2D eigenvalue weighted by Crippen LogP contribution is -2.42. The van der Waals surface area contributed by atoms with E-state index in [1.165, 1.54) is 44.9 Å². The van der Waals surface area contributed by atoms with E-state index in [9.17, 15) is 9.59 Å². The summed E-state index contributed by atoms with van der Waals surface area (Å²) in [6, 6.07) is 5.97. The predicted molar refractivity (Wildman–Crippen MR) is 107 cm³/mol. The molecule has 0 radical (unpaired) electrons. The van der Waals surface area contributed by atoms with Gasteiger partial charge < -0.3 is 10.6 Å². The molecule has 4 heteroatoms. The zero-order valence-electron chi connectivity index (χ0n) is 16.4. The van der Waals surface area contributed by atoms with Crippen LogP contribution in [0.1, 0.15) is 81.8 Å². The highest BCUT2D eigenvalue weighted by molar-refractivity contribution is 6.39. The van der Waals surface area contributed by atoms with Gasteiger partial charge in [0, 0.05) is 11.7 Å². The molecule has 0 aliphatic heterocycles. The molecular formula is C22H34N2O2. The Bertz CT molecular complexity index is 586. The third-order valence-corrected chi connectivity index (χ3v) is 5.29. The van der Waals surface area contributed by atoms with Gasteiger partial charge in [0.15, 0.2) is 0 Å². The summed E-state index contributed by atoms with van der Waals surface area (Å²) < 4.78 is 0. The van der Waals surface area contributed by atoms with Gasteiger partial charge in [0.25, 0.3) is 0 Å². The minimum Gasteiger partial charge on any atom is -0.345 e. The van der Waals surface area contributed by atoms with Crippen molar-refractivity contribution in [1.29, 1.82) is 0 Å². The topological polar surface area (TPSA) is 58.2 Å². The predicted octanol–water partition coefficient (Wildman–Crippen LogP) is 5.03. The van der Waals surface area contributed by atoms with Crippen LogP contribution >= 0.6 is 0 Å². The zero-order chi connectivity index (χ0) is 18.8. The third kappa shape index (κ3) is 7.19. The molecule has 4 nitrogen and oxygen atoms in total. The summed E-state index contributed by atoms with van der Waals surface area (Å²) in [5.41, 5.74) is 2.73. The van der Waals surface area contributed by atoms with Gasteiger partial charge in [-0.3, -0.25) is 9.59 Å². The van der Waals surface area contributed by atoms with E-state index in [0.717, 1.165) is 36.8 Å². The lowest BCUT2D eigenvalue weighted by Gasteiger charge is -2.19. The van der Waals surface area contributed by atoms with Crippen LogP contribution in [0.15, 0.2) is 18.2 Å². The number of carbonyl (C=O) groups is 2. The molecule has 2 rings (SSSR count). The molecule has 0 spiro atoms. The molecule has 1 saturated carbocycles. The van der Waals surface area contributed by atoms with Crippen molar-refractivity contribution in [2.24, 2.45) is 0 Å². The second-order valence-electron chi connectivity index (χ2n) is 7.70. The van der Waals surface area contributed by atoms with E-state index < -0.39 is 11.8 Å². The molecule has 0 saturated heterocycles. The molecule has 0 aromatic heterocycles. The number of hydrogen-bond donors (Lipinski definition) is 2. The fourth-order valence-electron chi connectivity index (χ4n) is 3.61. The first kappa shape index (κ1) is 20.5. The number of anilines is 1. The fourth-order valence-corrected chi connectivity index (χ4v) is 3.61. The second-order valence-corrected chi connectivity index (χ2v) is 7.70. The largest absolute Gasteiger partial charge is 0.345 e. The Labute approximate surface area is 158 Å². The Hall–Kier alpha value is -1.84. The lowest BCUT2D eigenvalue weighted by atomic mass is 9.98. The van der Waals surface area contributed by atoms with Gasteiger partial charge in [-0.2, -0.15) is 0 Å². The second kappa shape index (κ2) is 11.0. The summed E-state index contributed by atoms with van der Waals surface area (Å²) in [5.74, 6) is -1.08. The van der Waals surface area contributed by atoms with Gasteiger partial charge >= 0.3 is 11.8 Å². The number of carbonyl (C=O) groups excluding carboxylic acids is 2. The van der Waals surface area contributed by atoms with Crippen molar-refractivity contribution in [3.63, 3.8) is 0 Å². The van der Waals surface area contributed by atoms with E-state index in [-0.39, 0.29) is 6.04 Å². The molecule has 144 valence electrons. The molecule has 2 N–H and O–H groups in total. The number of aryl methyl sites for hydroxylation is 2. The standard InChI is InChI=1S/C22H34N2O2/c1-17-14-15-18(2)20(16-17)24-22(26)21(25)23-19-12-10-8-6-4-3-5-7-9-11-13-19/h14-16,19H,3-13H2,1-2H3,(H,23,25)(H,24,26). The van der Waals surface area contributed by atoms with Crippen molar-refractivity contribution in [2.75, 3.05) is 5.32 Å². The first-order valence-corrected chi connectivity index (χ1v) is 10.3. The van der Waals surface area contributed by atoms with Crippen LogP contribution in [-0.2, 0) is 9.59 Å². The van der Waals surface area contributed by atoms with Crippen molar-refractivity contribution in [3.05, 3.63) is 29.3 Å². The molecule has 0 atom stereocenters. The van der Waals surface area contributed by atoms with E-state index in [2.05, 4.69) is 10.6 Å². The molecule has 0 unspecified atom stereocenters. The number of nitrogens with one attached hydrogen (secondary N) is 2. The van der Waals surface area contributed by atoms with Crippen molar-refractivity contribution < 1.29 is 9.59 Å². The fraction of sp³-hybridized carbons (Fsp3) is 0.636. The van der Waals surface area contributed by atoms with Crippen LogP contribution in [-0.4, -0.2) is 17.9 Å². The van der Waals surface area contributed by atoms with Gasteiger partial charge in [-0.25, -0.2) is 0 Å². The highest BCUT2D eigenvalue weighted by atomic mass is 16.2. The molecule has 0 bridgehead atoms. The van der Waals surface area contributed by atoms with Crippen LogP contribution in [0, 0.1) is 13.8 Å². The van der Waals surface area contributed by atoms with E-state index in [0.29, 0.717) is 5.69 Å².